The van der Waals surface area contributed by atoms with Crippen LogP contribution < -0.4 is 4.87 Å². The minimum Gasteiger partial charge on any atom is -0.468 e. The maximum atomic E-state index is 13.2. The number of thioether (sulfide) groups is 1. The highest BCUT2D eigenvalue weighted by molar-refractivity contribution is 8.00. The zero-order valence-electron chi connectivity index (χ0n) is 16.5. The normalized spacial score (nSPS) is 35.1. The number of aromatic amines is 1. The smallest absolute Gasteiger partial charge is 0.325 e. The first kappa shape index (κ1) is 19.2. The second kappa shape index (κ2) is 6.77. The van der Waals surface area contributed by atoms with Crippen LogP contribution in [0.5, 0.6) is 0 Å². The van der Waals surface area contributed by atoms with E-state index in [-0.39, 0.29) is 52.2 Å². The van der Waals surface area contributed by atoms with E-state index in [4.69, 9.17) is 0 Å². The summed E-state index contributed by atoms with van der Waals surface area (Å²) in [5, 5.41) is 1.00. The summed E-state index contributed by atoms with van der Waals surface area (Å²) >= 11 is 2.87. The molecule has 2 aromatic rings. The number of likely N-dealkylation sites (tertiary alicyclic amines) is 1. The maximum Gasteiger partial charge on any atom is 0.325 e. The standard InChI is InChI=1S/C21H19N3O5S2/c1-29-11(25)7-24-19(26)14-9-5-10(15(14)20(24)27)16-13(9)12(8-3-2-4-22-6-8)17-18(30-16)23-21(28)31-17/h2-4,6,9-10,12-16H,5,7H2,1H3,(H,23,28)/t9-,10-,12-,13-,14+,15-,16-/m1/s1. The van der Waals surface area contributed by atoms with Crippen molar-refractivity contribution >= 4 is 40.9 Å². The van der Waals surface area contributed by atoms with Gasteiger partial charge in [0.1, 0.15) is 6.54 Å². The molecule has 2 bridgehead atoms. The molecule has 2 aliphatic heterocycles. The maximum absolute atomic E-state index is 13.2. The third-order valence-electron chi connectivity index (χ3n) is 7.37. The largest absolute Gasteiger partial charge is 0.468 e. The number of H-pyrrole nitrogens is 1. The van der Waals surface area contributed by atoms with Gasteiger partial charge in [-0.05, 0) is 35.8 Å². The van der Waals surface area contributed by atoms with Crippen LogP contribution in [0.2, 0.25) is 0 Å². The number of amides is 2. The number of imide groups is 1. The molecule has 31 heavy (non-hydrogen) atoms. The van der Waals surface area contributed by atoms with Crippen LogP contribution in [0.4, 0.5) is 0 Å². The molecule has 1 saturated heterocycles. The number of aromatic nitrogens is 2. The van der Waals surface area contributed by atoms with Gasteiger partial charge in [0.25, 0.3) is 0 Å². The number of ether oxygens (including phenoxy) is 1. The van der Waals surface area contributed by atoms with Crippen LogP contribution in [0, 0.1) is 29.6 Å². The summed E-state index contributed by atoms with van der Waals surface area (Å²) in [4.78, 5) is 59.6. The van der Waals surface area contributed by atoms with Crippen molar-refractivity contribution in [2.45, 2.75) is 22.6 Å². The van der Waals surface area contributed by atoms with E-state index in [1.54, 1.807) is 18.0 Å². The molecule has 2 aliphatic carbocycles. The van der Waals surface area contributed by atoms with Crippen molar-refractivity contribution in [3.05, 3.63) is 44.6 Å². The Labute approximate surface area is 185 Å². The highest BCUT2D eigenvalue weighted by atomic mass is 32.2. The third-order valence-corrected chi connectivity index (χ3v) is 9.96. The van der Waals surface area contributed by atoms with Crippen LogP contribution in [0.1, 0.15) is 22.8 Å². The second-order valence-electron chi connectivity index (χ2n) is 8.59. The van der Waals surface area contributed by atoms with E-state index in [9.17, 15) is 19.2 Å². The number of thiazole rings is 1. The van der Waals surface area contributed by atoms with Gasteiger partial charge in [0.15, 0.2) is 0 Å². The number of rotatable bonds is 3. The number of methoxy groups -OCH3 is 1. The number of fused-ring (bicyclic) bond motifs is 9. The first-order valence-corrected chi connectivity index (χ1v) is 11.9. The van der Waals surface area contributed by atoms with E-state index in [1.165, 1.54) is 18.4 Å². The molecule has 0 spiro atoms. The Hall–Kier alpha value is -2.46. The Morgan fingerprint density at radius 2 is 2.03 bits per heavy atom. The molecule has 7 atom stereocenters. The first-order valence-electron chi connectivity index (χ1n) is 10.2. The average Bonchev–Trinajstić information content (AvgIpc) is 3.49. The van der Waals surface area contributed by atoms with Gasteiger partial charge in [-0.25, -0.2) is 0 Å². The molecular weight excluding hydrogens is 438 g/mol. The zero-order valence-corrected chi connectivity index (χ0v) is 18.2. The highest BCUT2D eigenvalue weighted by Gasteiger charge is 2.69. The highest BCUT2D eigenvalue weighted by Crippen LogP contribution is 2.68. The van der Waals surface area contributed by atoms with Crippen LogP contribution in [0.3, 0.4) is 0 Å². The van der Waals surface area contributed by atoms with Gasteiger partial charge in [-0.2, -0.15) is 0 Å². The lowest BCUT2D eigenvalue weighted by Gasteiger charge is -2.42. The Morgan fingerprint density at radius 1 is 1.26 bits per heavy atom. The predicted molar refractivity (Wildman–Crippen MR) is 111 cm³/mol. The Balaban J connectivity index is 1.43. The van der Waals surface area contributed by atoms with Crippen molar-refractivity contribution in [1.29, 1.82) is 0 Å². The Morgan fingerprint density at radius 3 is 2.74 bits per heavy atom. The van der Waals surface area contributed by atoms with Crippen molar-refractivity contribution < 1.29 is 19.1 Å². The molecule has 1 N–H and O–H groups in total. The van der Waals surface area contributed by atoms with Crippen LogP contribution in [0.25, 0.3) is 0 Å². The molecule has 160 valence electrons. The summed E-state index contributed by atoms with van der Waals surface area (Å²) in [6.07, 6.45) is 4.37. The van der Waals surface area contributed by atoms with Crippen molar-refractivity contribution in [3.63, 3.8) is 0 Å². The summed E-state index contributed by atoms with van der Waals surface area (Å²) in [6.45, 7) is -0.324. The Kier molecular flexibility index (Phi) is 4.20. The van der Waals surface area contributed by atoms with Crippen molar-refractivity contribution in [1.82, 2.24) is 14.9 Å². The van der Waals surface area contributed by atoms with Crippen molar-refractivity contribution in [3.8, 4) is 0 Å². The van der Waals surface area contributed by atoms with Gasteiger partial charge in [0, 0.05) is 28.4 Å². The number of pyridine rings is 1. The predicted octanol–water partition coefficient (Wildman–Crippen LogP) is 1.48. The summed E-state index contributed by atoms with van der Waals surface area (Å²) in [6, 6.07) is 3.91. The first-order chi connectivity index (χ1) is 15.0. The molecule has 0 radical (unpaired) electrons. The lowest BCUT2D eigenvalue weighted by Crippen LogP contribution is -2.42. The number of nitrogens with one attached hydrogen (secondary N) is 1. The fourth-order valence-electron chi connectivity index (χ4n) is 6.36. The lowest BCUT2D eigenvalue weighted by molar-refractivity contribution is -0.151. The molecule has 4 aliphatic rings. The molecule has 0 unspecified atom stereocenters. The fraction of sp³-hybridized carbons (Fsp3) is 0.476. The minimum absolute atomic E-state index is 0.0298. The quantitative estimate of drug-likeness (QED) is 0.549. The van der Waals surface area contributed by atoms with E-state index in [2.05, 4.69) is 14.7 Å². The van der Waals surface area contributed by atoms with Gasteiger partial charge in [-0.1, -0.05) is 17.4 Å². The van der Waals surface area contributed by atoms with E-state index < -0.39 is 17.8 Å². The monoisotopic (exact) mass is 457 g/mol. The number of hydrogen-bond acceptors (Lipinski definition) is 8. The molecule has 6 rings (SSSR count). The van der Waals surface area contributed by atoms with Crippen LogP contribution in [0.15, 0.2) is 34.3 Å². The Bertz CT molecular complexity index is 1160. The molecule has 8 nitrogen and oxygen atoms in total. The molecular formula is C21H19N3O5S2. The molecule has 2 amide bonds. The van der Waals surface area contributed by atoms with E-state index in [0.717, 1.165) is 26.8 Å². The number of hydrogen-bond donors (Lipinski definition) is 1. The van der Waals surface area contributed by atoms with Gasteiger partial charge in [0.05, 0.1) is 24.0 Å². The second-order valence-corrected chi connectivity index (χ2v) is 10.8. The van der Waals surface area contributed by atoms with Crippen LogP contribution >= 0.6 is 23.1 Å². The summed E-state index contributed by atoms with van der Waals surface area (Å²) in [7, 11) is 1.25. The van der Waals surface area contributed by atoms with E-state index in [0.29, 0.717) is 0 Å². The number of nitrogens with zero attached hydrogens (tertiary/aromatic N) is 2. The van der Waals surface area contributed by atoms with E-state index in [1.807, 2.05) is 18.3 Å². The number of carbonyl (C=O) groups excluding carboxylic acids is 3. The molecule has 10 heteroatoms. The lowest BCUT2D eigenvalue weighted by atomic mass is 9.68. The van der Waals surface area contributed by atoms with Gasteiger partial charge < -0.3 is 9.72 Å². The van der Waals surface area contributed by atoms with Gasteiger partial charge in [-0.3, -0.25) is 29.1 Å². The molecule has 2 saturated carbocycles. The molecule has 0 aromatic carbocycles. The number of esters is 1. The van der Waals surface area contributed by atoms with Gasteiger partial charge in [-0.15, -0.1) is 11.8 Å². The van der Waals surface area contributed by atoms with Gasteiger partial charge >= 0.3 is 10.8 Å². The van der Waals surface area contributed by atoms with Gasteiger partial charge in [0.2, 0.25) is 11.8 Å². The average molecular weight is 458 g/mol. The molecule has 4 heterocycles. The van der Waals surface area contributed by atoms with Crippen LogP contribution in [-0.2, 0) is 19.1 Å². The minimum atomic E-state index is -0.589. The zero-order chi connectivity index (χ0) is 21.4. The topological polar surface area (TPSA) is 109 Å². The van der Waals surface area contributed by atoms with Crippen LogP contribution in [-0.4, -0.2) is 51.6 Å². The SMILES string of the molecule is COC(=O)CN1C(=O)[C@@H]2[C@H]3C[C@@H]([C@@H]2C1=O)[C@@H]1[C@@H](c2cccnc2)c2sc(=O)[nH]c2S[C@H]31. The fourth-order valence-corrected chi connectivity index (χ4v) is 9.25. The molecule has 2 aromatic heterocycles. The van der Waals surface area contributed by atoms with E-state index >= 15 is 0 Å². The molecule has 3 fully saturated rings. The summed E-state index contributed by atoms with van der Waals surface area (Å²) in [5.41, 5.74) is 1.03. The van der Waals surface area contributed by atoms with Crippen molar-refractivity contribution in [2.75, 3.05) is 13.7 Å². The van der Waals surface area contributed by atoms with Crippen molar-refractivity contribution in [2.24, 2.45) is 29.6 Å². The summed E-state index contributed by atoms with van der Waals surface area (Å²) in [5.74, 6) is -1.72. The number of carbonyl (C=O) groups is 3. The summed E-state index contributed by atoms with van der Waals surface area (Å²) < 4.78 is 4.68. The third kappa shape index (κ3) is 2.57.